The highest BCUT2D eigenvalue weighted by atomic mass is 35.5. The van der Waals surface area contributed by atoms with E-state index in [9.17, 15) is 14.4 Å². The van der Waals surface area contributed by atoms with Crippen LogP contribution in [-0.2, 0) is 11.3 Å². The van der Waals surface area contributed by atoms with E-state index in [4.69, 9.17) is 23.2 Å². The Morgan fingerprint density at radius 1 is 1.28 bits per heavy atom. The second-order valence-electron chi connectivity index (χ2n) is 5.65. The number of halogens is 2. The van der Waals surface area contributed by atoms with E-state index in [0.717, 1.165) is 17.5 Å². The molecule has 1 saturated carbocycles. The summed E-state index contributed by atoms with van der Waals surface area (Å²) in [6.45, 7) is -0.325. The van der Waals surface area contributed by atoms with Gasteiger partial charge in [-0.15, -0.1) is 0 Å². The number of amides is 2. The molecule has 0 saturated heterocycles. The summed E-state index contributed by atoms with van der Waals surface area (Å²) in [4.78, 5) is 36.0. The van der Waals surface area contributed by atoms with E-state index in [2.05, 4.69) is 15.7 Å². The third kappa shape index (κ3) is 4.37. The summed E-state index contributed by atoms with van der Waals surface area (Å²) < 4.78 is 0.910. The molecule has 1 heterocycles. The van der Waals surface area contributed by atoms with Gasteiger partial charge >= 0.3 is 0 Å². The molecule has 2 aromatic rings. The van der Waals surface area contributed by atoms with Crippen LogP contribution in [0, 0.1) is 0 Å². The Bertz CT molecular complexity index is 893. The molecule has 2 N–H and O–H groups in total. The molecule has 3 rings (SSSR count). The first kappa shape index (κ1) is 17.4. The molecule has 1 aromatic carbocycles. The van der Waals surface area contributed by atoms with Crippen LogP contribution < -0.4 is 16.2 Å². The number of rotatable bonds is 5. The molecule has 0 unspecified atom stereocenters. The van der Waals surface area contributed by atoms with Gasteiger partial charge < -0.3 is 10.6 Å². The van der Waals surface area contributed by atoms with Gasteiger partial charge in [0.1, 0.15) is 11.6 Å². The molecule has 25 heavy (non-hydrogen) atoms. The third-order valence-electron chi connectivity index (χ3n) is 3.56. The van der Waals surface area contributed by atoms with Crippen LogP contribution >= 0.6 is 23.2 Å². The summed E-state index contributed by atoms with van der Waals surface area (Å²) in [6.07, 6.45) is 3.18. The van der Waals surface area contributed by atoms with Gasteiger partial charge in [-0.2, -0.15) is 5.10 Å². The van der Waals surface area contributed by atoms with E-state index >= 15 is 0 Å². The van der Waals surface area contributed by atoms with Crippen molar-refractivity contribution in [1.82, 2.24) is 15.1 Å². The van der Waals surface area contributed by atoms with E-state index in [-0.39, 0.29) is 28.5 Å². The average molecular weight is 381 g/mol. The highest BCUT2D eigenvalue weighted by Crippen LogP contribution is 2.20. The second kappa shape index (κ2) is 7.25. The van der Waals surface area contributed by atoms with Crippen molar-refractivity contribution >= 4 is 40.7 Å². The molecule has 9 heteroatoms. The molecule has 0 radical (unpaired) electrons. The first-order valence-corrected chi connectivity index (χ1v) is 8.31. The maximum Gasteiger partial charge on any atom is 0.287 e. The number of nitrogens with zero attached hydrogens (tertiary/aromatic N) is 2. The number of nitrogens with one attached hydrogen (secondary N) is 2. The number of hydrogen-bond donors (Lipinski definition) is 2. The topological polar surface area (TPSA) is 93.1 Å². The van der Waals surface area contributed by atoms with Crippen LogP contribution in [0.15, 0.2) is 35.3 Å². The molecule has 0 aliphatic heterocycles. The second-order valence-corrected chi connectivity index (χ2v) is 6.43. The Kier molecular flexibility index (Phi) is 5.06. The van der Waals surface area contributed by atoms with Gasteiger partial charge in [0.2, 0.25) is 5.91 Å². The molecule has 2 amide bonds. The van der Waals surface area contributed by atoms with Crippen LogP contribution in [0.1, 0.15) is 23.2 Å². The summed E-state index contributed by atoms with van der Waals surface area (Å²) in [7, 11) is 0. The molecule has 1 fully saturated rings. The fourth-order valence-electron chi connectivity index (χ4n) is 2.13. The lowest BCUT2D eigenvalue weighted by Crippen LogP contribution is -2.30. The molecule has 0 bridgehead atoms. The normalized spacial score (nSPS) is 13.4. The van der Waals surface area contributed by atoms with Gasteiger partial charge in [0.25, 0.3) is 11.5 Å². The number of aromatic nitrogens is 2. The van der Waals surface area contributed by atoms with Gasteiger partial charge in [-0.05, 0) is 31.0 Å². The minimum Gasteiger partial charge on any atom is -0.349 e. The Balaban J connectivity index is 1.67. The van der Waals surface area contributed by atoms with Crippen LogP contribution in [0.4, 0.5) is 5.69 Å². The van der Waals surface area contributed by atoms with E-state index in [0.29, 0.717) is 11.3 Å². The molecular weight excluding hydrogens is 367 g/mol. The fraction of sp³-hybridized carbons (Fsp3) is 0.250. The zero-order valence-electron chi connectivity index (χ0n) is 13.0. The van der Waals surface area contributed by atoms with Crippen LogP contribution in [0.5, 0.6) is 0 Å². The lowest BCUT2D eigenvalue weighted by Gasteiger charge is -2.09. The summed E-state index contributed by atoms with van der Waals surface area (Å²) in [5.41, 5.74) is 0.248. The average Bonchev–Trinajstić information content (AvgIpc) is 3.39. The molecule has 1 aliphatic carbocycles. The monoisotopic (exact) mass is 380 g/mol. The van der Waals surface area contributed by atoms with Crippen molar-refractivity contribution in [3.8, 4) is 0 Å². The number of carbonyl (C=O) groups is 2. The van der Waals surface area contributed by atoms with E-state index < -0.39 is 11.5 Å². The highest BCUT2D eigenvalue weighted by molar-refractivity contribution is 6.41. The van der Waals surface area contributed by atoms with Crippen molar-refractivity contribution in [3.05, 3.63) is 56.4 Å². The van der Waals surface area contributed by atoms with Gasteiger partial charge in [-0.25, -0.2) is 4.68 Å². The van der Waals surface area contributed by atoms with Gasteiger partial charge in [0.05, 0.1) is 11.2 Å². The molecule has 0 spiro atoms. The molecule has 1 aromatic heterocycles. The number of hydrogen-bond acceptors (Lipinski definition) is 4. The Morgan fingerprint density at radius 3 is 2.76 bits per heavy atom. The largest absolute Gasteiger partial charge is 0.349 e. The SMILES string of the molecule is O=C(Cn1ncc(Cl)c(Cl)c1=O)Nc1cccc(C(=O)NC2CC2)c1. The minimum absolute atomic E-state index is 0.0256. The zero-order valence-corrected chi connectivity index (χ0v) is 14.5. The van der Waals surface area contributed by atoms with Crippen molar-refractivity contribution < 1.29 is 9.59 Å². The van der Waals surface area contributed by atoms with Crippen LogP contribution in [-0.4, -0.2) is 27.6 Å². The number of anilines is 1. The smallest absolute Gasteiger partial charge is 0.287 e. The van der Waals surface area contributed by atoms with Crippen molar-refractivity contribution in [2.24, 2.45) is 0 Å². The summed E-state index contributed by atoms with van der Waals surface area (Å²) in [5, 5.41) is 9.10. The van der Waals surface area contributed by atoms with Crippen LogP contribution in [0.2, 0.25) is 10.0 Å². The lowest BCUT2D eigenvalue weighted by molar-refractivity contribution is -0.117. The molecule has 130 valence electrons. The van der Waals surface area contributed by atoms with Crippen molar-refractivity contribution in [2.45, 2.75) is 25.4 Å². The number of carbonyl (C=O) groups excluding carboxylic acids is 2. The Hall–Kier alpha value is -2.38. The summed E-state index contributed by atoms with van der Waals surface area (Å²) >= 11 is 11.4. The predicted octanol–water partition coefficient (Wildman–Crippen LogP) is 2.08. The maximum absolute atomic E-state index is 12.1. The van der Waals surface area contributed by atoms with Crippen molar-refractivity contribution in [3.63, 3.8) is 0 Å². The van der Waals surface area contributed by atoms with Crippen molar-refractivity contribution in [1.29, 1.82) is 0 Å². The molecule has 0 atom stereocenters. The van der Waals surface area contributed by atoms with E-state index in [1.807, 2.05) is 0 Å². The molecule has 7 nitrogen and oxygen atoms in total. The first-order valence-electron chi connectivity index (χ1n) is 7.56. The van der Waals surface area contributed by atoms with Gasteiger partial charge in [0, 0.05) is 17.3 Å². The first-order chi connectivity index (χ1) is 11.9. The molecular formula is C16H14Cl2N4O3. The van der Waals surface area contributed by atoms with E-state index in [1.165, 1.54) is 6.20 Å². The lowest BCUT2D eigenvalue weighted by atomic mass is 10.2. The summed E-state index contributed by atoms with van der Waals surface area (Å²) in [6, 6.07) is 6.80. The Labute approximate surface area is 152 Å². The zero-order chi connectivity index (χ0) is 18.0. The predicted molar refractivity (Wildman–Crippen MR) is 94.1 cm³/mol. The van der Waals surface area contributed by atoms with E-state index in [1.54, 1.807) is 24.3 Å². The third-order valence-corrected chi connectivity index (χ3v) is 4.31. The quantitative estimate of drug-likeness (QED) is 0.830. The standard InChI is InChI=1S/C16H14Cl2N4O3/c17-12-7-19-22(16(25)14(12)18)8-13(23)20-11-3-1-2-9(6-11)15(24)21-10-4-5-10/h1-3,6-7,10H,4-5,8H2,(H,20,23)(H,21,24). The fourth-order valence-corrected chi connectivity index (χ4v) is 2.40. The molecule has 1 aliphatic rings. The van der Waals surface area contributed by atoms with Gasteiger partial charge in [-0.1, -0.05) is 29.3 Å². The number of benzene rings is 1. The van der Waals surface area contributed by atoms with Crippen LogP contribution in [0.3, 0.4) is 0 Å². The van der Waals surface area contributed by atoms with Crippen molar-refractivity contribution in [2.75, 3.05) is 5.32 Å². The van der Waals surface area contributed by atoms with Gasteiger partial charge in [-0.3, -0.25) is 14.4 Å². The van der Waals surface area contributed by atoms with Gasteiger partial charge in [0.15, 0.2) is 0 Å². The van der Waals surface area contributed by atoms with Crippen LogP contribution in [0.25, 0.3) is 0 Å². The minimum atomic E-state index is -0.651. The Morgan fingerprint density at radius 2 is 2.04 bits per heavy atom. The highest BCUT2D eigenvalue weighted by Gasteiger charge is 2.23. The summed E-state index contributed by atoms with van der Waals surface area (Å²) in [5.74, 6) is -0.659. The maximum atomic E-state index is 12.1.